The lowest BCUT2D eigenvalue weighted by Gasteiger charge is -2.32. The van der Waals surface area contributed by atoms with Gasteiger partial charge in [-0.15, -0.1) is 0 Å². The molecule has 0 bridgehead atoms. The molecule has 2 aromatic rings. The Hall–Kier alpha value is -2.67. The van der Waals surface area contributed by atoms with Crippen LogP contribution in [0.5, 0.6) is 5.75 Å². The van der Waals surface area contributed by atoms with Crippen LogP contribution in [0.3, 0.4) is 0 Å². The molecule has 1 heterocycles. The van der Waals surface area contributed by atoms with Crippen LogP contribution < -0.4 is 15.4 Å². The van der Waals surface area contributed by atoms with E-state index in [2.05, 4.69) is 15.5 Å². The zero-order valence-electron chi connectivity index (χ0n) is 17.7. The lowest BCUT2D eigenvalue weighted by atomic mass is 10.0. The van der Waals surface area contributed by atoms with Gasteiger partial charge in [0, 0.05) is 31.2 Å². The summed E-state index contributed by atoms with van der Waals surface area (Å²) in [7, 11) is 1.62. The van der Waals surface area contributed by atoms with Gasteiger partial charge in [0.05, 0.1) is 13.2 Å². The Morgan fingerprint density at radius 2 is 1.90 bits per heavy atom. The van der Waals surface area contributed by atoms with Gasteiger partial charge in [0.2, 0.25) is 0 Å². The van der Waals surface area contributed by atoms with Crippen LogP contribution in [0.2, 0.25) is 0 Å². The van der Waals surface area contributed by atoms with E-state index in [-0.39, 0.29) is 18.1 Å². The third-order valence-electron chi connectivity index (χ3n) is 5.51. The molecule has 0 spiro atoms. The normalized spacial score (nSPS) is 16.2. The standard InChI is InChI=1S/C23H29F2N3O2/c1-15-4-7-22(30-3)19(12-15)16(2)26-23(29)27-18-8-10-28(11-9-18)14-17-5-6-20(24)21(25)13-17/h4-7,12-13,16,18H,8-11,14H2,1-3H3,(H2,26,27,29)/t16-/m0/s1. The van der Waals surface area contributed by atoms with Gasteiger partial charge in [0.25, 0.3) is 0 Å². The predicted molar refractivity (Wildman–Crippen MR) is 112 cm³/mol. The Kier molecular flexibility index (Phi) is 7.26. The average molecular weight is 418 g/mol. The number of hydrogen-bond donors (Lipinski definition) is 2. The van der Waals surface area contributed by atoms with Gasteiger partial charge in [0.1, 0.15) is 5.75 Å². The quantitative estimate of drug-likeness (QED) is 0.737. The maximum atomic E-state index is 13.4. The molecule has 2 aromatic carbocycles. The van der Waals surface area contributed by atoms with Crippen molar-refractivity contribution in [2.75, 3.05) is 20.2 Å². The number of nitrogens with zero attached hydrogens (tertiary/aromatic N) is 1. The Labute approximate surface area is 176 Å². The van der Waals surface area contributed by atoms with Crippen LogP contribution in [-0.2, 0) is 6.54 Å². The van der Waals surface area contributed by atoms with Gasteiger partial charge in [-0.05, 0) is 50.5 Å². The highest BCUT2D eigenvalue weighted by Gasteiger charge is 2.22. The summed E-state index contributed by atoms with van der Waals surface area (Å²) in [6.07, 6.45) is 1.61. The number of ether oxygens (including phenoxy) is 1. The Morgan fingerprint density at radius 1 is 1.17 bits per heavy atom. The summed E-state index contributed by atoms with van der Waals surface area (Å²) in [4.78, 5) is 14.7. The van der Waals surface area contributed by atoms with Crippen molar-refractivity contribution in [2.45, 2.75) is 45.3 Å². The van der Waals surface area contributed by atoms with Gasteiger partial charge in [-0.1, -0.05) is 23.8 Å². The number of rotatable bonds is 6. The fraction of sp³-hybridized carbons (Fsp3) is 0.435. The van der Waals surface area contributed by atoms with E-state index in [4.69, 9.17) is 4.74 Å². The molecular weight excluding hydrogens is 388 g/mol. The van der Waals surface area contributed by atoms with Crippen molar-refractivity contribution in [1.29, 1.82) is 0 Å². The number of likely N-dealkylation sites (tertiary alicyclic amines) is 1. The zero-order valence-corrected chi connectivity index (χ0v) is 17.7. The maximum Gasteiger partial charge on any atom is 0.315 e. The Balaban J connectivity index is 1.47. The van der Waals surface area contributed by atoms with Gasteiger partial charge in [-0.3, -0.25) is 4.90 Å². The van der Waals surface area contributed by atoms with E-state index in [1.54, 1.807) is 13.2 Å². The number of carbonyl (C=O) groups excluding carboxylic acids is 1. The van der Waals surface area contributed by atoms with E-state index in [1.807, 2.05) is 32.0 Å². The van der Waals surface area contributed by atoms with Crippen molar-refractivity contribution < 1.29 is 18.3 Å². The van der Waals surface area contributed by atoms with Crippen LogP contribution in [-0.4, -0.2) is 37.2 Å². The number of urea groups is 1. The molecule has 5 nitrogen and oxygen atoms in total. The fourth-order valence-corrected chi connectivity index (χ4v) is 3.83. The number of methoxy groups -OCH3 is 1. The second-order valence-corrected chi connectivity index (χ2v) is 7.88. The van der Waals surface area contributed by atoms with Crippen LogP contribution >= 0.6 is 0 Å². The Bertz CT molecular complexity index is 883. The highest BCUT2D eigenvalue weighted by atomic mass is 19.2. The second-order valence-electron chi connectivity index (χ2n) is 7.88. The van der Waals surface area contributed by atoms with Crippen LogP contribution in [0.1, 0.15) is 42.5 Å². The molecule has 1 saturated heterocycles. The van der Waals surface area contributed by atoms with Crippen molar-refractivity contribution in [1.82, 2.24) is 15.5 Å². The lowest BCUT2D eigenvalue weighted by molar-refractivity contribution is 0.185. The van der Waals surface area contributed by atoms with Crippen molar-refractivity contribution in [3.8, 4) is 5.75 Å². The highest BCUT2D eigenvalue weighted by Crippen LogP contribution is 2.26. The molecule has 1 atom stereocenters. The molecule has 162 valence electrons. The minimum Gasteiger partial charge on any atom is -0.496 e. The number of amides is 2. The zero-order chi connectivity index (χ0) is 21.7. The summed E-state index contributed by atoms with van der Waals surface area (Å²) in [6.45, 7) is 6.07. The van der Waals surface area contributed by atoms with Crippen molar-refractivity contribution in [2.24, 2.45) is 0 Å². The molecule has 0 unspecified atom stereocenters. The second kappa shape index (κ2) is 9.89. The highest BCUT2D eigenvalue weighted by molar-refractivity contribution is 5.75. The molecule has 30 heavy (non-hydrogen) atoms. The smallest absolute Gasteiger partial charge is 0.315 e. The fourth-order valence-electron chi connectivity index (χ4n) is 3.83. The number of carbonyl (C=O) groups is 1. The van der Waals surface area contributed by atoms with E-state index in [0.717, 1.165) is 54.4 Å². The molecule has 0 aromatic heterocycles. The number of aryl methyl sites for hydroxylation is 1. The largest absolute Gasteiger partial charge is 0.496 e. The number of halogens is 2. The molecule has 0 aliphatic carbocycles. The van der Waals surface area contributed by atoms with Crippen LogP contribution in [0.4, 0.5) is 13.6 Å². The summed E-state index contributed by atoms with van der Waals surface area (Å²) in [5.41, 5.74) is 2.79. The molecule has 2 amide bonds. The van der Waals surface area contributed by atoms with Crippen molar-refractivity contribution in [3.05, 3.63) is 64.7 Å². The molecule has 0 radical (unpaired) electrons. The van der Waals surface area contributed by atoms with Gasteiger partial charge in [0.15, 0.2) is 11.6 Å². The summed E-state index contributed by atoms with van der Waals surface area (Å²) >= 11 is 0. The molecule has 3 rings (SSSR count). The summed E-state index contributed by atoms with van der Waals surface area (Å²) in [5, 5.41) is 6.03. The van der Waals surface area contributed by atoms with E-state index in [1.165, 1.54) is 6.07 Å². The monoisotopic (exact) mass is 417 g/mol. The summed E-state index contributed by atoms with van der Waals surface area (Å²) < 4.78 is 31.9. The number of nitrogens with one attached hydrogen (secondary N) is 2. The first kappa shape index (κ1) is 22.0. The first-order valence-electron chi connectivity index (χ1n) is 10.2. The number of benzene rings is 2. The van der Waals surface area contributed by atoms with Crippen molar-refractivity contribution in [3.63, 3.8) is 0 Å². The summed E-state index contributed by atoms with van der Waals surface area (Å²) in [6, 6.07) is 9.60. The minimum atomic E-state index is -0.829. The molecule has 1 aliphatic rings. The topological polar surface area (TPSA) is 53.6 Å². The van der Waals surface area contributed by atoms with Crippen LogP contribution in [0.15, 0.2) is 36.4 Å². The summed E-state index contributed by atoms with van der Waals surface area (Å²) in [5.74, 6) is -0.899. The van der Waals surface area contributed by atoms with E-state index < -0.39 is 11.6 Å². The number of hydrogen-bond acceptors (Lipinski definition) is 3. The lowest BCUT2D eigenvalue weighted by Crippen LogP contribution is -2.48. The number of piperidine rings is 1. The first-order chi connectivity index (χ1) is 14.4. The molecular formula is C23H29F2N3O2. The molecule has 0 saturated carbocycles. The van der Waals surface area contributed by atoms with E-state index in [9.17, 15) is 13.6 Å². The molecule has 1 fully saturated rings. The van der Waals surface area contributed by atoms with E-state index in [0.29, 0.717) is 6.54 Å². The van der Waals surface area contributed by atoms with Gasteiger partial charge in [-0.2, -0.15) is 0 Å². The maximum absolute atomic E-state index is 13.4. The molecule has 2 N–H and O–H groups in total. The average Bonchev–Trinajstić information content (AvgIpc) is 2.72. The minimum absolute atomic E-state index is 0.0813. The predicted octanol–water partition coefficient (Wildman–Crippen LogP) is 4.31. The molecule has 7 heteroatoms. The van der Waals surface area contributed by atoms with Crippen molar-refractivity contribution >= 4 is 6.03 Å². The van der Waals surface area contributed by atoms with Gasteiger partial charge < -0.3 is 15.4 Å². The van der Waals surface area contributed by atoms with Crippen LogP contribution in [0, 0.1) is 18.6 Å². The van der Waals surface area contributed by atoms with Gasteiger partial charge in [-0.25, -0.2) is 13.6 Å². The molecule has 1 aliphatic heterocycles. The first-order valence-corrected chi connectivity index (χ1v) is 10.2. The third-order valence-corrected chi connectivity index (χ3v) is 5.51. The SMILES string of the molecule is COc1ccc(C)cc1[C@H](C)NC(=O)NC1CCN(Cc2ccc(F)c(F)c2)CC1. The Morgan fingerprint density at radius 3 is 2.57 bits per heavy atom. The van der Waals surface area contributed by atoms with E-state index >= 15 is 0 Å². The van der Waals surface area contributed by atoms with Crippen LogP contribution in [0.25, 0.3) is 0 Å². The third kappa shape index (κ3) is 5.69. The van der Waals surface area contributed by atoms with Gasteiger partial charge >= 0.3 is 6.03 Å².